The van der Waals surface area contributed by atoms with Crippen molar-refractivity contribution in [2.45, 2.75) is 6.42 Å². The van der Waals surface area contributed by atoms with Gasteiger partial charge in [-0.2, -0.15) is 0 Å². The number of hydrogen-bond acceptors (Lipinski definition) is 3. The maximum Gasteiger partial charge on any atom is 0.339 e. The standard InChI is InChI=1S/C19H13ClO4/c20-14-8-9-17(16(11-14)19(22)23)24-18(21)10-13-6-3-5-12-4-1-2-7-15(12)13/h1-9,11H,10H2,(H,22,23). The van der Waals surface area contributed by atoms with Crippen LogP contribution in [0.15, 0.2) is 60.7 Å². The lowest BCUT2D eigenvalue weighted by Crippen LogP contribution is -2.14. The fourth-order valence-corrected chi connectivity index (χ4v) is 2.69. The largest absolute Gasteiger partial charge is 0.478 e. The molecule has 4 nitrogen and oxygen atoms in total. The van der Waals surface area contributed by atoms with E-state index in [-0.39, 0.29) is 22.8 Å². The molecule has 0 bridgehead atoms. The molecular formula is C19H13ClO4. The zero-order chi connectivity index (χ0) is 17.1. The van der Waals surface area contributed by atoms with Crippen LogP contribution >= 0.6 is 11.6 Å². The van der Waals surface area contributed by atoms with Gasteiger partial charge in [-0.15, -0.1) is 0 Å². The number of carbonyl (C=O) groups excluding carboxylic acids is 1. The molecule has 3 rings (SSSR count). The van der Waals surface area contributed by atoms with Crippen molar-refractivity contribution < 1.29 is 19.4 Å². The number of benzene rings is 3. The summed E-state index contributed by atoms with van der Waals surface area (Å²) in [6, 6.07) is 17.5. The van der Waals surface area contributed by atoms with Gasteiger partial charge in [-0.05, 0) is 34.5 Å². The molecule has 0 atom stereocenters. The number of carboxylic acid groups (broad SMARTS) is 1. The summed E-state index contributed by atoms with van der Waals surface area (Å²) in [6.07, 6.45) is 0.0447. The van der Waals surface area contributed by atoms with Crippen LogP contribution in [-0.4, -0.2) is 17.0 Å². The first-order valence-electron chi connectivity index (χ1n) is 7.25. The second-order valence-electron chi connectivity index (χ2n) is 5.23. The van der Waals surface area contributed by atoms with E-state index in [4.69, 9.17) is 16.3 Å². The molecule has 0 saturated heterocycles. The Balaban J connectivity index is 1.85. The maximum atomic E-state index is 12.2. The minimum atomic E-state index is -1.20. The van der Waals surface area contributed by atoms with Crippen LogP contribution in [0.5, 0.6) is 5.75 Å². The minimum absolute atomic E-state index is 0.0165. The summed E-state index contributed by atoms with van der Waals surface area (Å²) >= 11 is 5.79. The van der Waals surface area contributed by atoms with Gasteiger partial charge in [0.25, 0.3) is 0 Å². The maximum absolute atomic E-state index is 12.2. The average molecular weight is 341 g/mol. The van der Waals surface area contributed by atoms with Crippen molar-refractivity contribution in [2.75, 3.05) is 0 Å². The molecule has 1 N–H and O–H groups in total. The third kappa shape index (κ3) is 3.39. The van der Waals surface area contributed by atoms with Crippen LogP contribution in [0.4, 0.5) is 0 Å². The molecule has 5 heteroatoms. The fourth-order valence-electron chi connectivity index (χ4n) is 2.52. The Bertz CT molecular complexity index is 928. The molecule has 0 aliphatic heterocycles. The molecule has 0 amide bonds. The number of ether oxygens (including phenoxy) is 1. The van der Waals surface area contributed by atoms with Crippen LogP contribution in [0.3, 0.4) is 0 Å². The normalized spacial score (nSPS) is 10.5. The molecule has 0 saturated carbocycles. The summed E-state index contributed by atoms with van der Waals surface area (Å²) in [4.78, 5) is 23.5. The highest BCUT2D eigenvalue weighted by Gasteiger charge is 2.16. The van der Waals surface area contributed by atoms with Crippen molar-refractivity contribution in [3.8, 4) is 5.75 Å². The van der Waals surface area contributed by atoms with Crippen molar-refractivity contribution in [3.05, 3.63) is 76.8 Å². The van der Waals surface area contributed by atoms with Crippen molar-refractivity contribution in [2.24, 2.45) is 0 Å². The van der Waals surface area contributed by atoms with Gasteiger partial charge in [0.2, 0.25) is 0 Å². The van der Waals surface area contributed by atoms with Crippen molar-refractivity contribution in [1.29, 1.82) is 0 Å². The molecule has 0 heterocycles. The zero-order valence-electron chi connectivity index (χ0n) is 12.5. The van der Waals surface area contributed by atoms with Gasteiger partial charge in [-0.1, -0.05) is 54.1 Å². The predicted molar refractivity (Wildman–Crippen MR) is 91.7 cm³/mol. The lowest BCUT2D eigenvalue weighted by Gasteiger charge is -2.09. The third-order valence-electron chi connectivity index (χ3n) is 3.61. The quantitative estimate of drug-likeness (QED) is 0.567. The van der Waals surface area contributed by atoms with E-state index in [2.05, 4.69) is 0 Å². The van der Waals surface area contributed by atoms with Gasteiger partial charge in [-0.3, -0.25) is 4.79 Å². The molecule has 3 aromatic rings. The second kappa shape index (κ2) is 6.72. The Kier molecular flexibility index (Phi) is 4.49. The first kappa shape index (κ1) is 16.0. The summed E-state index contributed by atoms with van der Waals surface area (Å²) in [5, 5.41) is 11.4. The topological polar surface area (TPSA) is 63.6 Å². The van der Waals surface area contributed by atoms with Gasteiger partial charge < -0.3 is 9.84 Å². The summed E-state index contributed by atoms with van der Waals surface area (Å²) in [5.41, 5.74) is 0.678. The van der Waals surface area contributed by atoms with Crippen LogP contribution in [0.2, 0.25) is 5.02 Å². The van der Waals surface area contributed by atoms with E-state index in [1.165, 1.54) is 18.2 Å². The number of esters is 1. The molecular weight excluding hydrogens is 328 g/mol. The van der Waals surface area contributed by atoms with Gasteiger partial charge in [0.1, 0.15) is 11.3 Å². The van der Waals surface area contributed by atoms with E-state index < -0.39 is 11.9 Å². The van der Waals surface area contributed by atoms with Gasteiger partial charge in [0, 0.05) is 5.02 Å². The first-order valence-corrected chi connectivity index (χ1v) is 7.62. The predicted octanol–water partition coefficient (Wildman–Crippen LogP) is 4.34. The Morgan fingerprint density at radius 3 is 2.54 bits per heavy atom. The summed E-state index contributed by atoms with van der Waals surface area (Å²) in [7, 11) is 0. The van der Waals surface area contributed by atoms with E-state index in [0.717, 1.165) is 16.3 Å². The van der Waals surface area contributed by atoms with Gasteiger partial charge in [0.15, 0.2) is 0 Å². The smallest absolute Gasteiger partial charge is 0.339 e. The Morgan fingerprint density at radius 2 is 1.75 bits per heavy atom. The summed E-state index contributed by atoms with van der Waals surface area (Å²) in [5.74, 6) is -1.75. The van der Waals surface area contributed by atoms with Crippen LogP contribution in [0.25, 0.3) is 10.8 Å². The van der Waals surface area contributed by atoms with Crippen molar-refractivity contribution in [1.82, 2.24) is 0 Å². The molecule has 0 aliphatic rings. The number of carbonyl (C=O) groups is 2. The minimum Gasteiger partial charge on any atom is -0.478 e. The Labute approximate surface area is 143 Å². The number of hydrogen-bond donors (Lipinski definition) is 1. The van der Waals surface area contributed by atoms with Crippen LogP contribution in [0.1, 0.15) is 15.9 Å². The zero-order valence-corrected chi connectivity index (χ0v) is 13.3. The Hall–Kier alpha value is -2.85. The number of rotatable bonds is 4. The highest BCUT2D eigenvalue weighted by Crippen LogP contribution is 2.24. The first-order chi connectivity index (χ1) is 11.5. The fraction of sp³-hybridized carbons (Fsp3) is 0.0526. The number of fused-ring (bicyclic) bond motifs is 1. The molecule has 0 fully saturated rings. The molecule has 0 unspecified atom stereocenters. The van der Waals surface area contributed by atoms with E-state index in [9.17, 15) is 14.7 Å². The number of aromatic carboxylic acids is 1. The number of carboxylic acids is 1. The lowest BCUT2D eigenvalue weighted by atomic mass is 10.0. The monoisotopic (exact) mass is 340 g/mol. The Morgan fingerprint density at radius 1 is 1.00 bits per heavy atom. The van der Waals surface area contributed by atoms with E-state index >= 15 is 0 Å². The SMILES string of the molecule is O=C(Cc1cccc2ccccc12)Oc1ccc(Cl)cc1C(=O)O. The van der Waals surface area contributed by atoms with E-state index in [1.54, 1.807) is 0 Å². The third-order valence-corrected chi connectivity index (χ3v) is 3.85. The van der Waals surface area contributed by atoms with Crippen LogP contribution < -0.4 is 4.74 Å². The van der Waals surface area contributed by atoms with Crippen LogP contribution in [-0.2, 0) is 11.2 Å². The molecule has 3 aromatic carbocycles. The van der Waals surface area contributed by atoms with Gasteiger partial charge in [-0.25, -0.2) is 4.79 Å². The second-order valence-corrected chi connectivity index (χ2v) is 5.67. The van der Waals surface area contributed by atoms with E-state index in [1.807, 2.05) is 42.5 Å². The highest BCUT2D eigenvalue weighted by atomic mass is 35.5. The lowest BCUT2D eigenvalue weighted by molar-refractivity contribution is -0.133. The average Bonchev–Trinajstić information content (AvgIpc) is 2.56. The van der Waals surface area contributed by atoms with E-state index in [0.29, 0.717) is 0 Å². The summed E-state index contributed by atoms with van der Waals surface area (Å²) in [6.45, 7) is 0. The molecule has 0 aromatic heterocycles. The molecule has 0 spiro atoms. The van der Waals surface area contributed by atoms with Crippen LogP contribution in [0, 0.1) is 0 Å². The molecule has 24 heavy (non-hydrogen) atoms. The molecule has 120 valence electrons. The molecule has 0 radical (unpaired) electrons. The highest BCUT2D eigenvalue weighted by molar-refractivity contribution is 6.31. The summed E-state index contributed by atoms with van der Waals surface area (Å²) < 4.78 is 5.24. The number of halogens is 1. The van der Waals surface area contributed by atoms with Gasteiger partial charge >= 0.3 is 11.9 Å². The molecule has 0 aliphatic carbocycles. The van der Waals surface area contributed by atoms with Gasteiger partial charge in [0.05, 0.1) is 6.42 Å². The van der Waals surface area contributed by atoms with Crippen molar-refractivity contribution in [3.63, 3.8) is 0 Å². The van der Waals surface area contributed by atoms with Crippen molar-refractivity contribution >= 4 is 34.3 Å².